The van der Waals surface area contributed by atoms with Gasteiger partial charge in [0.05, 0.1) is 17.1 Å². The van der Waals surface area contributed by atoms with Crippen molar-refractivity contribution in [2.45, 2.75) is 25.8 Å². The van der Waals surface area contributed by atoms with Gasteiger partial charge in [-0.3, -0.25) is 0 Å². The predicted molar refractivity (Wildman–Crippen MR) is 79.8 cm³/mol. The summed E-state index contributed by atoms with van der Waals surface area (Å²) in [6.07, 6.45) is 1.25. The maximum absolute atomic E-state index is 11.5. The fraction of sp³-hybridized carbons (Fsp3) is 0.429. The highest BCUT2D eigenvalue weighted by atomic mass is 32.2. The van der Waals surface area contributed by atoms with Gasteiger partial charge in [-0.2, -0.15) is 0 Å². The maximum atomic E-state index is 11.5. The minimum atomic E-state index is -2.85. The van der Waals surface area contributed by atoms with Crippen molar-refractivity contribution in [3.8, 4) is 11.5 Å². The van der Waals surface area contributed by atoms with E-state index in [9.17, 15) is 8.42 Å². The molecule has 1 aromatic carbocycles. The van der Waals surface area contributed by atoms with Crippen LogP contribution in [-0.2, 0) is 9.84 Å². The van der Waals surface area contributed by atoms with Crippen molar-refractivity contribution in [3.05, 3.63) is 30.2 Å². The molecule has 0 bridgehead atoms. The molecule has 2 aromatic rings. The minimum Gasteiger partial charge on any atom is -0.421 e. The second-order valence-corrected chi connectivity index (χ2v) is 7.55. The Balaban J connectivity index is 1.80. The molecule has 0 amide bonds. The first-order valence-electron chi connectivity index (χ1n) is 6.90. The number of hydrogen-bond acceptors (Lipinski definition) is 6. The van der Waals surface area contributed by atoms with Crippen LogP contribution in [0, 0.1) is 6.92 Å². The molecule has 1 fully saturated rings. The Bertz CT molecular complexity index is 725. The zero-order chi connectivity index (χ0) is 14.9. The molecule has 0 radical (unpaired) electrons. The van der Waals surface area contributed by atoms with Crippen LogP contribution in [0.3, 0.4) is 0 Å². The van der Waals surface area contributed by atoms with Crippen LogP contribution in [0.2, 0.25) is 0 Å². The van der Waals surface area contributed by atoms with E-state index in [1.807, 2.05) is 24.3 Å². The van der Waals surface area contributed by atoms with E-state index in [4.69, 9.17) is 4.42 Å². The van der Waals surface area contributed by atoms with Crippen molar-refractivity contribution in [2.24, 2.45) is 0 Å². The van der Waals surface area contributed by atoms with Gasteiger partial charge in [0.25, 0.3) is 0 Å². The standard InChI is InChI=1S/C14H17N3O3S/c1-10-16-17-14(20-10)12-4-2-3-5-13(12)15-11-6-8-21(18,19)9-7-11/h2-5,11,15H,6-9H2,1H3. The van der Waals surface area contributed by atoms with Gasteiger partial charge < -0.3 is 9.73 Å². The second-order valence-electron chi connectivity index (χ2n) is 5.24. The lowest BCUT2D eigenvalue weighted by Gasteiger charge is -2.24. The predicted octanol–water partition coefficient (Wildman–Crippen LogP) is 2.03. The highest BCUT2D eigenvalue weighted by molar-refractivity contribution is 7.91. The first-order valence-corrected chi connectivity index (χ1v) is 8.72. The van der Waals surface area contributed by atoms with Crippen molar-refractivity contribution >= 4 is 15.5 Å². The van der Waals surface area contributed by atoms with Gasteiger partial charge in [0, 0.05) is 18.7 Å². The number of benzene rings is 1. The summed E-state index contributed by atoms with van der Waals surface area (Å²) in [5.41, 5.74) is 1.73. The van der Waals surface area contributed by atoms with Crippen molar-refractivity contribution in [1.29, 1.82) is 0 Å². The number of sulfone groups is 1. The van der Waals surface area contributed by atoms with E-state index in [2.05, 4.69) is 15.5 Å². The summed E-state index contributed by atoms with van der Waals surface area (Å²) in [5, 5.41) is 11.3. The van der Waals surface area contributed by atoms with Crippen LogP contribution in [-0.4, -0.2) is 36.2 Å². The van der Waals surface area contributed by atoms with Crippen molar-refractivity contribution in [3.63, 3.8) is 0 Å². The van der Waals surface area contributed by atoms with Gasteiger partial charge in [0.1, 0.15) is 9.84 Å². The molecular weight excluding hydrogens is 290 g/mol. The van der Waals surface area contributed by atoms with E-state index in [1.54, 1.807) is 6.92 Å². The zero-order valence-electron chi connectivity index (χ0n) is 11.7. The number of hydrogen-bond donors (Lipinski definition) is 1. The number of aryl methyl sites for hydroxylation is 1. The van der Waals surface area contributed by atoms with Gasteiger partial charge in [-0.15, -0.1) is 10.2 Å². The zero-order valence-corrected chi connectivity index (χ0v) is 12.6. The molecule has 3 rings (SSSR count). The Morgan fingerprint density at radius 3 is 2.57 bits per heavy atom. The maximum Gasteiger partial charge on any atom is 0.249 e. The van der Waals surface area contributed by atoms with Crippen molar-refractivity contribution < 1.29 is 12.8 Å². The molecular formula is C14H17N3O3S. The number of anilines is 1. The Kier molecular flexibility index (Phi) is 3.67. The molecule has 0 aliphatic carbocycles. The first kappa shape index (κ1) is 14.1. The van der Waals surface area contributed by atoms with Gasteiger partial charge in [-0.1, -0.05) is 12.1 Å². The van der Waals surface area contributed by atoms with Crippen LogP contribution in [0.1, 0.15) is 18.7 Å². The summed E-state index contributed by atoms with van der Waals surface area (Å²) in [6, 6.07) is 7.84. The number of aromatic nitrogens is 2. The summed E-state index contributed by atoms with van der Waals surface area (Å²) in [5.74, 6) is 1.47. The van der Waals surface area contributed by atoms with Crippen molar-refractivity contribution in [1.82, 2.24) is 10.2 Å². The third-order valence-corrected chi connectivity index (χ3v) is 5.31. The fourth-order valence-corrected chi connectivity index (χ4v) is 3.95. The molecule has 0 atom stereocenters. The molecule has 2 heterocycles. The average Bonchev–Trinajstić information content (AvgIpc) is 2.88. The molecule has 1 aliphatic heterocycles. The Morgan fingerprint density at radius 2 is 1.90 bits per heavy atom. The van der Waals surface area contributed by atoms with Gasteiger partial charge in [0.15, 0.2) is 0 Å². The first-order chi connectivity index (χ1) is 10.0. The normalized spacial score (nSPS) is 18.5. The number of nitrogens with zero attached hydrogens (tertiary/aromatic N) is 2. The van der Waals surface area contributed by atoms with Crippen molar-refractivity contribution in [2.75, 3.05) is 16.8 Å². The van der Waals surface area contributed by atoms with Crippen LogP contribution in [0.5, 0.6) is 0 Å². The Labute approximate surface area is 123 Å². The summed E-state index contributed by atoms with van der Waals surface area (Å²) in [4.78, 5) is 0. The fourth-order valence-electron chi connectivity index (χ4n) is 2.46. The van der Waals surface area contributed by atoms with Crippen LogP contribution in [0.15, 0.2) is 28.7 Å². The van der Waals surface area contributed by atoms with Gasteiger partial charge in [-0.25, -0.2) is 8.42 Å². The molecule has 21 heavy (non-hydrogen) atoms. The monoisotopic (exact) mass is 307 g/mol. The van der Waals surface area contributed by atoms with E-state index in [0.29, 0.717) is 24.6 Å². The molecule has 0 saturated carbocycles. The SMILES string of the molecule is Cc1nnc(-c2ccccc2NC2CCS(=O)(=O)CC2)o1. The van der Waals surface area contributed by atoms with E-state index in [-0.39, 0.29) is 17.5 Å². The lowest BCUT2D eigenvalue weighted by Crippen LogP contribution is -2.32. The number of nitrogens with one attached hydrogen (secondary N) is 1. The van der Waals surface area contributed by atoms with E-state index >= 15 is 0 Å². The largest absolute Gasteiger partial charge is 0.421 e. The summed E-state index contributed by atoms with van der Waals surface area (Å²) < 4.78 is 28.4. The highest BCUT2D eigenvalue weighted by Gasteiger charge is 2.24. The summed E-state index contributed by atoms with van der Waals surface area (Å²) in [7, 11) is -2.85. The smallest absolute Gasteiger partial charge is 0.249 e. The molecule has 0 spiro atoms. The Hall–Kier alpha value is -1.89. The molecule has 1 saturated heterocycles. The topological polar surface area (TPSA) is 85.1 Å². The van der Waals surface area contributed by atoms with Crippen LogP contribution in [0.4, 0.5) is 5.69 Å². The van der Waals surface area contributed by atoms with E-state index in [0.717, 1.165) is 11.3 Å². The van der Waals surface area contributed by atoms with E-state index < -0.39 is 9.84 Å². The second kappa shape index (κ2) is 5.48. The summed E-state index contributed by atoms with van der Waals surface area (Å²) >= 11 is 0. The van der Waals surface area contributed by atoms with Gasteiger partial charge >= 0.3 is 0 Å². The molecule has 1 N–H and O–H groups in total. The average molecular weight is 307 g/mol. The summed E-state index contributed by atoms with van der Waals surface area (Å²) in [6.45, 7) is 1.75. The molecule has 7 heteroatoms. The van der Waals surface area contributed by atoms with Crippen LogP contribution < -0.4 is 5.32 Å². The van der Waals surface area contributed by atoms with Gasteiger partial charge in [-0.05, 0) is 25.0 Å². The molecule has 1 aromatic heterocycles. The van der Waals surface area contributed by atoms with Gasteiger partial charge in [0.2, 0.25) is 11.8 Å². The lowest BCUT2D eigenvalue weighted by atomic mass is 10.1. The lowest BCUT2D eigenvalue weighted by molar-refractivity contribution is 0.532. The Morgan fingerprint density at radius 1 is 1.19 bits per heavy atom. The number of para-hydroxylation sites is 1. The third-order valence-electron chi connectivity index (χ3n) is 3.60. The van der Waals surface area contributed by atoms with Crippen LogP contribution in [0.25, 0.3) is 11.5 Å². The molecule has 6 nitrogen and oxygen atoms in total. The van der Waals surface area contributed by atoms with Crippen LogP contribution >= 0.6 is 0 Å². The third kappa shape index (κ3) is 3.24. The quantitative estimate of drug-likeness (QED) is 0.934. The number of rotatable bonds is 3. The molecule has 112 valence electrons. The highest BCUT2D eigenvalue weighted by Crippen LogP contribution is 2.28. The minimum absolute atomic E-state index is 0.152. The molecule has 0 unspecified atom stereocenters. The van der Waals surface area contributed by atoms with E-state index in [1.165, 1.54) is 0 Å². The molecule has 1 aliphatic rings.